The average Bonchev–Trinajstić information content (AvgIpc) is 2.66. The maximum absolute atomic E-state index is 12.1. The van der Waals surface area contributed by atoms with Gasteiger partial charge in [-0.15, -0.1) is 0 Å². The van der Waals surface area contributed by atoms with E-state index >= 15 is 0 Å². The number of aromatic nitrogens is 2. The van der Waals surface area contributed by atoms with Crippen molar-refractivity contribution in [2.24, 2.45) is 0 Å². The van der Waals surface area contributed by atoms with E-state index in [0.717, 1.165) is 17.7 Å². The molecule has 1 aliphatic carbocycles. The van der Waals surface area contributed by atoms with Gasteiger partial charge in [0.1, 0.15) is 0 Å². The molecule has 0 bridgehead atoms. The summed E-state index contributed by atoms with van der Waals surface area (Å²) in [6.07, 6.45) is 7.55. The molecule has 25 heavy (non-hydrogen) atoms. The predicted molar refractivity (Wildman–Crippen MR) is 95.9 cm³/mol. The van der Waals surface area contributed by atoms with Gasteiger partial charge in [0.15, 0.2) is 0 Å². The van der Waals surface area contributed by atoms with Crippen molar-refractivity contribution in [3.8, 4) is 17.1 Å². The molecule has 1 aromatic heterocycles. The van der Waals surface area contributed by atoms with Gasteiger partial charge in [-0.1, -0.05) is 37.5 Å². The van der Waals surface area contributed by atoms with Crippen molar-refractivity contribution in [3.05, 3.63) is 45.9 Å². The Morgan fingerprint density at radius 1 is 1.20 bits per heavy atom. The Morgan fingerprint density at radius 3 is 2.84 bits per heavy atom. The molecule has 1 aromatic carbocycles. The molecule has 0 spiro atoms. The second-order valence-corrected chi connectivity index (χ2v) is 6.93. The molecule has 2 heterocycles. The van der Waals surface area contributed by atoms with Gasteiger partial charge in [0, 0.05) is 18.2 Å². The van der Waals surface area contributed by atoms with Gasteiger partial charge in [-0.2, -0.15) is 4.98 Å². The fraction of sp³-hybridized carbons (Fsp3) is 0.500. The highest BCUT2D eigenvalue weighted by Gasteiger charge is 2.20. The summed E-state index contributed by atoms with van der Waals surface area (Å²) in [5.74, 6) is 0.369. The number of benzene rings is 1. The molecule has 0 amide bonds. The zero-order valence-electron chi connectivity index (χ0n) is 14.7. The van der Waals surface area contributed by atoms with Crippen molar-refractivity contribution < 1.29 is 9.47 Å². The Morgan fingerprint density at radius 2 is 2.04 bits per heavy atom. The summed E-state index contributed by atoms with van der Waals surface area (Å²) in [4.78, 5) is 16.1. The number of hydrogen-bond acceptors (Lipinski definition) is 4. The third-order valence-corrected chi connectivity index (χ3v) is 5.29. The van der Waals surface area contributed by atoms with Gasteiger partial charge in [-0.3, -0.25) is 4.57 Å². The van der Waals surface area contributed by atoms with Gasteiger partial charge < -0.3 is 9.47 Å². The van der Waals surface area contributed by atoms with Crippen LogP contribution >= 0.6 is 0 Å². The molecule has 0 unspecified atom stereocenters. The third kappa shape index (κ3) is 3.33. The number of fused-ring (bicyclic) bond motifs is 3. The molecule has 1 fully saturated rings. The largest absolute Gasteiger partial charge is 0.481 e. The molecule has 0 radical (unpaired) electrons. The maximum Gasteiger partial charge on any atom is 0.351 e. The van der Waals surface area contributed by atoms with Crippen LogP contribution < -0.4 is 10.4 Å². The molecule has 4 rings (SSSR count). The Labute approximate surface area is 147 Å². The standard InChI is InChI=1S/C20H24N2O3/c1-24-19-12-18-17-8-7-14(13-25-16-5-3-2-4-6-16)11-15(17)9-10-22(18)20(23)21-19/h7-8,11-12,16H,2-6,9-10,13H2,1H3. The smallest absolute Gasteiger partial charge is 0.351 e. The van der Waals surface area contributed by atoms with Crippen molar-refractivity contribution >= 4 is 0 Å². The third-order valence-electron chi connectivity index (χ3n) is 5.29. The second-order valence-electron chi connectivity index (χ2n) is 6.93. The highest BCUT2D eigenvalue weighted by Crippen LogP contribution is 2.31. The van der Waals surface area contributed by atoms with Crippen LogP contribution in [0.2, 0.25) is 0 Å². The SMILES string of the molecule is COc1cc2n(c(=O)n1)CCc1cc(COC3CCCCC3)ccc1-2. The van der Waals surface area contributed by atoms with E-state index in [2.05, 4.69) is 23.2 Å². The minimum atomic E-state index is -0.246. The van der Waals surface area contributed by atoms with Crippen LogP contribution in [0.15, 0.2) is 29.1 Å². The molecule has 0 saturated heterocycles. The molecular weight excluding hydrogens is 316 g/mol. The quantitative estimate of drug-likeness (QED) is 0.857. The second kappa shape index (κ2) is 7.00. The first-order valence-corrected chi connectivity index (χ1v) is 9.14. The lowest BCUT2D eigenvalue weighted by Gasteiger charge is -2.24. The fourth-order valence-corrected chi connectivity index (χ4v) is 3.90. The molecule has 5 heteroatoms. The summed E-state index contributed by atoms with van der Waals surface area (Å²) in [5, 5.41) is 0. The summed E-state index contributed by atoms with van der Waals surface area (Å²) >= 11 is 0. The zero-order chi connectivity index (χ0) is 17.2. The topological polar surface area (TPSA) is 53.4 Å². The normalized spacial score (nSPS) is 17.0. The maximum atomic E-state index is 12.1. The van der Waals surface area contributed by atoms with Crippen molar-refractivity contribution in [2.75, 3.05) is 7.11 Å². The molecule has 1 saturated carbocycles. The van der Waals surface area contributed by atoms with Gasteiger partial charge in [-0.25, -0.2) is 4.79 Å². The molecule has 2 aliphatic rings. The summed E-state index contributed by atoms with van der Waals surface area (Å²) in [6.45, 7) is 1.33. The monoisotopic (exact) mass is 340 g/mol. The predicted octanol–water partition coefficient (Wildman–Crippen LogP) is 3.32. The number of methoxy groups -OCH3 is 1. The molecule has 5 nitrogen and oxygen atoms in total. The van der Waals surface area contributed by atoms with Crippen LogP contribution in [0, 0.1) is 0 Å². The van der Waals surface area contributed by atoms with Crippen LogP contribution in [0.25, 0.3) is 11.3 Å². The number of ether oxygens (including phenoxy) is 2. The fourth-order valence-electron chi connectivity index (χ4n) is 3.90. The minimum absolute atomic E-state index is 0.246. The number of rotatable bonds is 4. The lowest BCUT2D eigenvalue weighted by atomic mass is 9.95. The first-order valence-electron chi connectivity index (χ1n) is 9.14. The minimum Gasteiger partial charge on any atom is -0.481 e. The van der Waals surface area contributed by atoms with Gasteiger partial charge in [-0.05, 0) is 30.4 Å². The highest BCUT2D eigenvalue weighted by atomic mass is 16.5. The summed E-state index contributed by atoms with van der Waals surface area (Å²) in [7, 11) is 1.54. The van der Waals surface area contributed by atoms with Crippen molar-refractivity contribution in [1.29, 1.82) is 0 Å². The Balaban J connectivity index is 1.57. The summed E-state index contributed by atoms with van der Waals surface area (Å²) < 4.78 is 13.0. The zero-order valence-corrected chi connectivity index (χ0v) is 14.7. The highest BCUT2D eigenvalue weighted by molar-refractivity contribution is 5.67. The van der Waals surface area contributed by atoms with Crippen molar-refractivity contribution in [1.82, 2.24) is 9.55 Å². The van der Waals surface area contributed by atoms with Crippen LogP contribution in [0.4, 0.5) is 0 Å². The van der Waals surface area contributed by atoms with Crippen LogP contribution in [0.5, 0.6) is 5.88 Å². The van der Waals surface area contributed by atoms with Gasteiger partial charge in [0.2, 0.25) is 5.88 Å². The molecular formula is C20H24N2O3. The Bertz CT molecular complexity index is 822. The first-order chi connectivity index (χ1) is 12.2. The van der Waals surface area contributed by atoms with E-state index in [4.69, 9.17) is 9.47 Å². The van der Waals surface area contributed by atoms with Crippen molar-refractivity contribution in [2.45, 2.75) is 57.8 Å². The number of hydrogen-bond donors (Lipinski definition) is 0. The summed E-state index contributed by atoms with van der Waals surface area (Å²) in [5.41, 5.74) is 4.20. The van der Waals surface area contributed by atoms with E-state index < -0.39 is 0 Å². The molecule has 0 atom stereocenters. The van der Waals surface area contributed by atoms with E-state index in [1.54, 1.807) is 4.57 Å². The molecule has 132 valence electrons. The summed E-state index contributed by atoms with van der Waals surface area (Å²) in [6, 6.07) is 8.27. The number of nitrogens with zero attached hydrogens (tertiary/aromatic N) is 2. The first kappa shape index (κ1) is 16.3. The molecule has 1 aliphatic heterocycles. The van der Waals surface area contributed by atoms with E-state index in [9.17, 15) is 4.79 Å². The van der Waals surface area contributed by atoms with E-state index in [1.165, 1.54) is 50.3 Å². The van der Waals surface area contributed by atoms with Crippen molar-refractivity contribution in [3.63, 3.8) is 0 Å². The van der Waals surface area contributed by atoms with Gasteiger partial charge in [0.25, 0.3) is 0 Å². The van der Waals surface area contributed by atoms with Crippen LogP contribution in [-0.4, -0.2) is 22.8 Å². The van der Waals surface area contributed by atoms with Gasteiger partial charge >= 0.3 is 5.69 Å². The number of aryl methyl sites for hydroxylation is 1. The molecule has 2 aromatic rings. The lowest BCUT2D eigenvalue weighted by Crippen LogP contribution is -2.28. The van der Waals surface area contributed by atoms with Crippen LogP contribution in [-0.2, 0) is 24.3 Å². The van der Waals surface area contributed by atoms with E-state index in [1.807, 2.05) is 6.07 Å². The van der Waals surface area contributed by atoms with Gasteiger partial charge in [0.05, 0.1) is 25.5 Å². The lowest BCUT2D eigenvalue weighted by molar-refractivity contribution is 0.0168. The Hall–Kier alpha value is -2.14. The Kier molecular flexibility index (Phi) is 4.57. The van der Waals surface area contributed by atoms with Crippen LogP contribution in [0.3, 0.4) is 0 Å². The van der Waals surface area contributed by atoms with E-state index in [0.29, 0.717) is 25.1 Å². The van der Waals surface area contributed by atoms with E-state index in [-0.39, 0.29) is 5.69 Å². The average molecular weight is 340 g/mol. The van der Waals surface area contributed by atoms with Crippen LogP contribution in [0.1, 0.15) is 43.2 Å². The molecule has 0 N–H and O–H groups in total.